The van der Waals surface area contributed by atoms with Gasteiger partial charge in [-0.1, -0.05) is 22.0 Å². The Kier molecular flexibility index (Phi) is 6.30. The minimum Gasteiger partial charge on any atom is -0.504 e. The molecule has 4 N–H and O–H groups in total. The quantitative estimate of drug-likeness (QED) is 0.564. The lowest BCUT2D eigenvalue weighted by Crippen LogP contribution is -2.12. The van der Waals surface area contributed by atoms with Crippen molar-refractivity contribution in [2.75, 3.05) is 7.11 Å². The number of phenols is 1. The number of rotatable bonds is 3. The molecule has 7 heteroatoms. The monoisotopic (exact) mass is 415 g/mol. The van der Waals surface area contributed by atoms with E-state index in [1.165, 1.54) is 7.11 Å². The van der Waals surface area contributed by atoms with Crippen molar-refractivity contribution in [3.8, 4) is 11.5 Å². The zero-order valence-electron chi connectivity index (χ0n) is 14.3. The number of aryl methyl sites for hydroxylation is 1. The molecule has 3 aromatic rings. The van der Waals surface area contributed by atoms with E-state index < -0.39 is 5.91 Å². The lowest BCUT2D eigenvalue weighted by molar-refractivity contribution is 0.100. The second-order valence-corrected chi connectivity index (χ2v) is 6.30. The smallest absolute Gasteiger partial charge is 0.249 e. The molecular formula is C19H18BrN3O3. The van der Waals surface area contributed by atoms with Crippen molar-refractivity contribution < 1.29 is 14.6 Å². The molecule has 0 aliphatic rings. The Morgan fingerprint density at radius 1 is 1.31 bits per heavy atom. The van der Waals surface area contributed by atoms with Gasteiger partial charge in [-0.05, 0) is 43.3 Å². The third kappa shape index (κ3) is 4.37. The molecule has 0 saturated heterocycles. The van der Waals surface area contributed by atoms with Gasteiger partial charge in [-0.3, -0.25) is 9.78 Å². The number of amides is 1. The number of halogens is 1. The van der Waals surface area contributed by atoms with Crippen LogP contribution < -0.4 is 10.5 Å². The van der Waals surface area contributed by atoms with Crippen LogP contribution in [0.4, 0.5) is 0 Å². The molecule has 134 valence electrons. The average Bonchev–Trinajstić information content (AvgIpc) is 2.62. The summed E-state index contributed by atoms with van der Waals surface area (Å²) in [6, 6.07) is 12.3. The molecule has 0 aliphatic heterocycles. The second kappa shape index (κ2) is 8.44. The van der Waals surface area contributed by atoms with Gasteiger partial charge in [0.2, 0.25) is 5.91 Å². The number of hydrogen-bond acceptors (Lipinski definition) is 5. The summed E-state index contributed by atoms with van der Waals surface area (Å²) in [5.74, 6) is -0.0143. The highest BCUT2D eigenvalue weighted by atomic mass is 79.9. The van der Waals surface area contributed by atoms with Gasteiger partial charge in [0, 0.05) is 27.3 Å². The van der Waals surface area contributed by atoms with E-state index in [1.807, 2.05) is 25.1 Å². The number of nitrogens with zero attached hydrogens (tertiary/aromatic N) is 1. The van der Waals surface area contributed by atoms with Crippen LogP contribution in [0.1, 0.15) is 21.6 Å². The van der Waals surface area contributed by atoms with Crippen molar-refractivity contribution in [2.24, 2.45) is 5.73 Å². The van der Waals surface area contributed by atoms with Crippen LogP contribution in [0, 0.1) is 12.3 Å². The van der Waals surface area contributed by atoms with E-state index in [9.17, 15) is 9.90 Å². The number of ether oxygens (including phenoxy) is 1. The molecule has 3 rings (SSSR count). The maximum absolute atomic E-state index is 11.3. The number of para-hydroxylation sites is 1. The molecule has 0 bridgehead atoms. The number of aromatic hydroxyl groups is 1. The predicted molar refractivity (Wildman–Crippen MR) is 105 cm³/mol. The van der Waals surface area contributed by atoms with Crippen LogP contribution in [0.3, 0.4) is 0 Å². The first-order chi connectivity index (χ1) is 12.4. The molecule has 0 spiro atoms. The normalized spacial score (nSPS) is 9.96. The lowest BCUT2D eigenvalue weighted by Gasteiger charge is -2.04. The van der Waals surface area contributed by atoms with E-state index >= 15 is 0 Å². The second-order valence-electron chi connectivity index (χ2n) is 5.38. The third-order valence-corrected chi connectivity index (χ3v) is 4.06. The Morgan fingerprint density at radius 2 is 2.04 bits per heavy atom. The van der Waals surface area contributed by atoms with Gasteiger partial charge in [-0.2, -0.15) is 0 Å². The number of nitrogens with one attached hydrogen (secondary N) is 1. The fourth-order valence-electron chi connectivity index (χ4n) is 2.35. The van der Waals surface area contributed by atoms with E-state index in [0.717, 1.165) is 27.3 Å². The summed E-state index contributed by atoms with van der Waals surface area (Å²) in [6.45, 7) is 1.84. The number of hydrogen-bond donors (Lipinski definition) is 3. The van der Waals surface area contributed by atoms with Crippen molar-refractivity contribution in [1.82, 2.24) is 4.98 Å². The van der Waals surface area contributed by atoms with Gasteiger partial charge in [-0.15, -0.1) is 0 Å². The highest BCUT2D eigenvalue weighted by Crippen LogP contribution is 2.27. The van der Waals surface area contributed by atoms with Crippen LogP contribution in [0.15, 0.2) is 46.9 Å². The number of nitrogens with two attached hydrogens (primary N) is 1. The van der Waals surface area contributed by atoms with Crippen LogP contribution >= 0.6 is 15.9 Å². The van der Waals surface area contributed by atoms with Crippen molar-refractivity contribution in [1.29, 1.82) is 5.41 Å². The van der Waals surface area contributed by atoms with Crippen LogP contribution in [0.25, 0.3) is 10.9 Å². The predicted octanol–water partition coefficient (Wildman–Crippen LogP) is 3.80. The number of methoxy groups -OCH3 is 1. The molecule has 6 nitrogen and oxygen atoms in total. The lowest BCUT2D eigenvalue weighted by atomic mass is 10.1. The fraction of sp³-hybridized carbons (Fsp3) is 0.105. The number of aromatic nitrogens is 1. The van der Waals surface area contributed by atoms with Gasteiger partial charge in [0.1, 0.15) is 0 Å². The van der Waals surface area contributed by atoms with Crippen molar-refractivity contribution >= 4 is 39.0 Å². The van der Waals surface area contributed by atoms with Crippen molar-refractivity contribution in [3.05, 3.63) is 63.8 Å². The summed E-state index contributed by atoms with van der Waals surface area (Å²) in [6.07, 6.45) is 1.08. The molecule has 0 aliphatic carbocycles. The number of fused-ring (bicyclic) bond motifs is 1. The summed E-state index contributed by atoms with van der Waals surface area (Å²) in [4.78, 5) is 15.6. The number of pyridine rings is 1. The summed E-state index contributed by atoms with van der Waals surface area (Å²) in [7, 11) is 1.47. The molecule has 1 amide bonds. The first-order valence-corrected chi connectivity index (χ1v) is 8.39. The Balaban J connectivity index is 0.000000197. The van der Waals surface area contributed by atoms with Gasteiger partial charge in [0.15, 0.2) is 11.5 Å². The van der Waals surface area contributed by atoms with Crippen LogP contribution in [-0.4, -0.2) is 29.3 Å². The summed E-state index contributed by atoms with van der Waals surface area (Å²) < 4.78 is 5.74. The van der Waals surface area contributed by atoms with E-state index in [-0.39, 0.29) is 5.75 Å². The first kappa shape index (κ1) is 19.4. The Morgan fingerprint density at radius 3 is 2.65 bits per heavy atom. The van der Waals surface area contributed by atoms with Gasteiger partial charge in [-0.25, -0.2) is 0 Å². The van der Waals surface area contributed by atoms with Crippen molar-refractivity contribution in [3.63, 3.8) is 0 Å². The Hall–Kier alpha value is -2.93. The SMILES string of the molecule is COc1cccc(C=N)c1O.Cc1cc(C(N)=O)c2cc(Br)ccc2n1. The van der Waals surface area contributed by atoms with E-state index in [1.54, 1.807) is 24.3 Å². The first-order valence-electron chi connectivity index (χ1n) is 7.60. The summed E-state index contributed by atoms with van der Waals surface area (Å²) in [5.41, 5.74) is 7.87. The zero-order valence-corrected chi connectivity index (χ0v) is 15.9. The highest BCUT2D eigenvalue weighted by Gasteiger charge is 2.08. The number of primary amides is 1. The largest absolute Gasteiger partial charge is 0.504 e. The number of carbonyl (C=O) groups is 1. The Labute approximate surface area is 159 Å². The molecule has 0 unspecified atom stereocenters. The molecule has 1 heterocycles. The third-order valence-electron chi connectivity index (χ3n) is 3.57. The summed E-state index contributed by atoms with van der Waals surface area (Å²) >= 11 is 3.35. The molecular weight excluding hydrogens is 398 g/mol. The average molecular weight is 416 g/mol. The molecule has 0 saturated carbocycles. The van der Waals surface area contributed by atoms with Crippen LogP contribution in [0.2, 0.25) is 0 Å². The van der Waals surface area contributed by atoms with Crippen molar-refractivity contribution in [2.45, 2.75) is 6.92 Å². The Bertz CT molecular complexity index is 974. The van der Waals surface area contributed by atoms with Crippen LogP contribution in [0.5, 0.6) is 11.5 Å². The maximum atomic E-state index is 11.3. The summed E-state index contributed by atoms with van der Waals surface area (Å²) in [5, 5.41) is 17.0. The number of carbonyl (C=O) groups excluding carboxylic acids is 1. The van der Waals surface area contributed by atoms with E-state index in [2.05, 4.69) is 20.9 Å². The molecule has 0 radical (unpaired) electrons. The molecule has 0 atom stereocenters. The molecule has 2 aromatic carbocycles. The zero-order chi connectivity index (χ0) is 19.3. The standard InChI is InChI=1S/C11H9BrN2O.C8H9NO2/c1-6-4-9(11(13)15)8-5-7(12)2-3-10(8)14-6;1-11-7-4-2-3-6(5-9)8(7)10/h2-5H,1H3,(H2,13,15);2-5,9-10H,1H3. The van der Waals surface area contributed by atoms with Crippen LogP contribution in [-0.2, 0) is 0 Å². The number of phenolic OH excluding ortho intramolecular Hbond substituents is 1. The maximum Gasteiger partial charge on any atom is 0.249 e. The van der Waals surface area contributed by atoms with Gasteiger partial charge >= 0.3 is 0 Å². The minimum absolute atomic E-state index is 0.0185. The fourth-order valence-corrected chi connectivity index (χ4v) is 2.72. The van der Waals surface area contributed by atoms with Gasteiger partial charge < -0.3 is 21.0 Å². The van der Waals surface area contributed by atoms with Gasteiger partial charge in [0.05, 0.1) is 18.2 Å². The molecule has 26 heavy (non-hydrogen) atoms. The molecule has 1 aromatic heterocycles. The topological polar surface area (TPSA) is 109 Å². The van der Waals surface area contributed by atoms with Gasteiger partial charge in [0.25, 0.3) is 0 Å². The van der Waals surface area contributed by atoms with E-state index in [4.69, 9.17) is 15.9 Å². The van der Waals surface area contributed by atoms with E-state index in [0.29, 0.717) is 16.9 Å². The minimum atomic E-state index is -0.427. The highest BCUT2D eigenvalue weighted by molar-refractivity contribution is 9.10. The molecule has 0 fully saturated rings. The number of benzene rings is 2.